The van der Waals surface area contributed by atoms with E-state index in [1.54, 1.807) is 6.07 Å². The first-order valence-electron chi connectivity index (χ1n) is 5.06. The zero-order valence-electron chi connectivity index (χ0n) is 8.16. The molecule has 0 saturated carbocycles. The summed E-state index contributed by atoms with van der Waals surface area (Å²) in [6, 6.07) is 4.69. The van der Waals surface area contributed by atoms with Gasteiger partial charge in [-0.15, -0.1) is 0 Å². The van der Waals surface area contributed by atoms with Crippen molar-refractivity contribution in [3.63, 3.8) is 0 Å². The van der Waals surface area contributed by atoms with E-state index in [2.05, 4.69) is 9.97 Å². The molecular weight excluding hydrogens is 211 g/mol. The van der Waals surface area contributed by atoms with Crippen LogP contribution in [0.25, 0.3) is 11.0 Å². The van der Waals surface area contributed by atoms with Gasteiger partial charge in [0.25, 0.3) is 0 Å². The van der Waals surface area contributed by atoms with E-state index in [0.717, 1.165) is 22.6 Å². The van der Waals surface area contributed by atoms with Gasteiger partial charge in [-0.25, -0.2) is 9.37 Å². The van der Waals surface area contributed by atoms with Gasteiger partial charge in [-0.05, 0) is 30.4 Å². The van der Waals surface area contributed by atoms with Gasteiger partial charge in [0.1, 0.15) is 11.6 Å². The predicted octanol–water partition coefficient (Wildman–Crippen LogP) is 2.92. The maximum Gasteiger partial charge on any atom is 0.125 e. The molecule has 1 unspecified atom stereocenters. The second kappa shape index (κ2) is 3.52. The average Bonchev–Trinajstić information content (AvgIpc) is 2.84. The largest absolute Gasteiger partial charge is 0.342 e. The highest BCUT2D eigenvalue weighted by Crippen LogP contribution is 2.31. The van der Waals surface area contributed by atoms with Crippen LogP contribution in [0, 0.1) is 5.82 Å². The summed E-state index contributed by atoms with van der Waals surface area (Å²) >= 11 is 1.96. The monoisotopic (exact) mass is 222 g/mol. The van der Waals surface area contributed by atoms with Gasteiger partial charge >= 0.3 is 0 Å². The lowest BCUT2D eigenvalue weighted by Crippen LogP contribution is -1.98. The Morgan fingerprint density at radius 1 is 1.47 bits per heavy atom. The lowest BCUT2D eigenvalue weighted by atomic mass is 10.1. The Kier molecular flexibility index (Phi) is 2.16. The van der Waals surface area contributed by atoms with Gasteiger partial charge < -0.3 is 4.98 Å². The van der Waals surface area contributed by atoms with Gasteiger partial charge in [0.05, 0.1) is 11.0 Å². The van der Waals surface area contributed by atoms with Gasteiger partial charge in [0.15, 0.2) is 0 Å². The molecule has 2 heterocycles. The Balaban J connectivity index is 2.05. The van der Waals surface area contributed by atoms with E-state index >= 15 is 0 Å². The van der Waals surface area contributed by atoms with Crippen LogP contribution in [0.1, 0.15) is 18.2 Å². The summed E-state index contributed by atoms with van der Waals surface area (Å²) in [4.78, 5) is 7.71. The molecule has 4 heteroatoms. The summed E-state index contributed by atoms with van der Waals surface area (Å²) in [6.07, 6.45) is 1.17. The molecule has 1 atom stereocenters. The highest BCUT2D eigenvalue weighted by Gasteiger charge is 2.20. The number of aromatic amines is 1. The number of benzene rings is 1. The Morgan fingerprint density at radius 2 is 2.40 bits per heavy atom. The van der Waals surface area contributed by atoms with Crippen molar-refractivity contribution >= 4 is 22.8 Å². The predicted molar refractivity (Wildman–Crippen MR) is 60.7 cm³/mol. The van der Waals surface area contributed by atoms with Crippen molar-refractivity contribution in [3.8, 4) is 0 Å². The van der Waals surface area contributed by atoms with Crippen LogP contribution in [0.4, 0.5) is 4.39 Å². The van der Waals surface area contributed by atoms with E-state index in [-0.39, 0.29) is 5.82 Å². The van der Waals surface area contributed by atoms with Crippen molar-refractivity contribution in [2.45, 2.75) is 12.3 Å². The highest BCUT2D eigenvalue weighted by atomic mass is 32.2. The standard InChI is InChI=1S/C11H11FN2S/c12-8-1-2-9-10(5-8)14-11(13-9)7-3-4-15-6-7/h1-2,5,7H,3-4,6H2,(H,13,14). The van der Waals surface area contributed by atoms with E-state index in [1.807, 2.05) is 11.8 Å². The summed E-state index contributed by atoms with van der Waals surface area (Å²) in [5, 5.41) is 0. The minimum atomic E-state index is -0.210. The SMILES string of the molecule is Fc1ccc2nc(C3CCSC3)[nH]c2c1. The number of hydrogen-bond donors (Lipinski definition) is 1. The molecule has 1 aromatic carbocycles. The van der Waals surface area contributed by atoms with Crippen LogP contribution in [-0.2, 0) is 0 Å². The average molecular weight is 222 g/mol. The highest BCUT2D eigenvalue weighted by molar-refractivity contribution is 7.99. The lowest BCUT2D eigenvalue weighted by Gasteiger charge is -2.01. The molecule has 0 radical (unpaired) electrons. The van der Waals surface area contributed by atoms with E-state index in [0.29, 0.717) is 5.92 Å². The molecule has 1 aliphatic rings. The van der Waals surface area contributed by atoms with E-state index in [4.69, 9.17) is 0 Å². The van der Waals surface area contributed by atoms with Gasteiger partial charge in [-0.1, -0.05) is 0 Å². The third-order valence-corrected chi connectivity index (χ3v) is 3.94. The number of aromatic nitrogens is 2. The van der Waals surface area contributed by atoms with E-state index in [9.17, 15) is 4.39 Å². The molecule has 0 amide bonds. The quantitative estimate of drug-likeness (QED) is 0.803. The molecule has 1 aromatic heterocycles. The third-order valence-electron chi connectivity index (χ3n) is 2.78. The molecule has 0 bridgehead atoms. The van der Waals surface area contributed by atoms with Crippen LogP contribution in [0.2, 0.25) is 0 Å². The fraction of sp³-hybridized carbons (Fsp3) is 0.364. The van der Waals surface area contributed by atoms with Crippen LogP contribution >= 0.6 is 11.8 Å². The number of imidazole rings is 1. The van der Waals surface area contributed by atoms with Crippen LogP contribution in [0.5, 0.6) is 0 Å². The lowest BCUT2D eigenvalue weighted by molar-refractivity contribution is 0.629. The number of H-pyrrole nitrogens is 1. The van der Waals surface area contributed by atoms with Crippen molar-refractivity contribution in [1.82, 2.24) is 9.97 Å². The number of nitrogens with zero attached hydrogens (tertiary/aromatic N) is 1. The normalized spacial score (nSPS) is 21.3. The number of nitrogens with one attached hydrogen (secondary N) is 1. The third kappa shape index (κ3) is 1.63. The molecule has 78 valence electrons. The Morgan fingerprint density at radius 3 is 3.20 bits per heavy atom. The van der Waals surface area contributed by atoms with Gasteiger partial charge in [-0.3, -0.25) is 0 Å². The second-order valence-corrected chi connectivity index (χ2v) is 4.99. The first-order chi connectivity index (χ1) is 7.33. The second-order valence-electron chi connectivity index (χ2n) is 3.84. The van der Waals surface area contributed by atoms with Crippen LogP contribution in [-0.4, -0.2) is 21.5 Å². The van der Waals surface area contributed by atoms with Crippen LogP contribution in [0.3, 0.4) is 0 Å². The van der Waals surface area contributed by atoms with E-state index in [1.165, 1.54) is 24.3 Å². The van der Waals surface area contributed by atoms with Gasteiger partial charge in [0.2, 0.25) is 0 Å². The first kappa shape index (κ1) is 9.21. The number of halogens is 1. The molecule has 3 rings (SSSR count). The maximum absolute atomic E-state index is 13.0. The Bertz CT molecular complexity index is 488. The number of hydrogen-bond acceptors (Lipinski definition) is 2. The minimum absolute atomic E-state index is 0.210. The molecule has 1 saturated heterocycles. The van der Waals surface area contributed by atoms with Gasteiger partial charge in [-0.2, -0.15) is 11.8 Å². The van der Waals surface area contributed by atoms with Crippen molar-refractivity contribution < 1.29 is 4.39 Å². The summed E-state index contributed by atoms with van der Waals surface area (Å²) in [6.45, 7) is 0. The van der Waals surface area contributed by atoms with Crippen LogP contribution < -0.4 is 0 Å². The molecular formula is C11H11FN2S. The molecule has 0 spiro atoms. The number of fused-ring (bicyclic) bond motifs is 1. The number of thioether (sulfide) groups is 1. The topological polar surface area (TPSA) is 28.7 Å². The summed E-state index contributed by atoms with van der Waals surface area (Å²) in [5.41, 5.74) is 1.67. The molecule has 1 fully saturated rings. The fourth-order valence-electron chi connectivity index (χ4n) is 1.95. The molecule has 0 aliphatic carbocycles. The van der Waals surface area contributed by atoms with Crippen molar-refractivity contribution in [3.05, 3.63) is 29.8 Å². The molecule has 1 N–H and O–H groups in total. The fourth-order valence-corrected chi connectivity index (χ4v) is 3.17. The van der Waals surface area contributed by atoms with Crippen molar-refractivity contribution in [2.75, 3.05) is 11.5 Å². The Labute approximate surface area is 91.3 Å². The molecule has 2 nitrogen and oxygen atoms in total. The zero-order valence-corrected chi connectivity index (χ0v) is 8.98. The van der Waals surface area contributed by atoms with Crippen molar-refractivity contribution in [2.24, 2.45) is 0 Å². The summed E-state index contributed by atoms with van der Waals surface area (Å²) in [7, 11) is 0. The first-order valence-corrected chi connectivity index (χ1v) is 6.21. The Hall–Kier alpha value is -1.03. The molecule has 2 aromatic rings. The minimum Gasteiger partial charge on any atom is -0.342 e. The smallest absolute Gasteiger partial charge is 0.125 e. The number of rotatable bonds is 1. The molecule has 15 heavy (non-hydrogen) atoms. The van der Waals surface area contributed by atoms with Gasteiger partial charge in [0, 0.05) is 11.7 Å². The molecule has 1 aliphatic heterocycles. The zero-order chi connectivity index (χ0) is 10.3. The summed E-state index contributed by atoms with van der Waals surface area (Å²) in [5.74, 6) is 3.66. The van der Waals surface area contributed by atoms with Crippen LogP contribution in [0.15, 0.2) is 18.2 Å². The summed E-state index contributed by atoms with van der Waals surface area (Å²) < 4.78 is 13.0. The maximum atomic E-state index is 13.0. The van der Waals surface area contributed by atoms with Crippen molar-refractivity contribution in [1.29, 1.82) is 0 Å². The van der Waals surface area contributed by atoms with E-state index < -0.39 is 0 Å².